The number of piperidine rings is 1. The molecule has 122 valence electrons. The molecule has 1 aromatic rings. The van der Waals surface area contributed by atoms with Gasteiger partial charge in [-0.15, -0.1) is 0 Å². The predicted molar refractivity (Wildman–Crippen MR) is 75.4 cm³/mol. The number of rotatable bonds is 5. The van der Waals surface area contributed by atoms with Gasteiger partial charge in [-0.05, 0) is 12.8 Å². The molecule has 0 spiro atoms. The van der Waals surface area contributed by atoms with Crippen molar-refractivity contribution < 1.29 is 19.9 Å². The first-order chi connectivity index (χ1) is 10.3. The number of amides is 1. The molecule has 4 N–H and O–H groups in total. The Hall–Kier alpha value is -2.40. The van der Waals surface area contributed by atoms with Crippen molar-refractivity contribution in [2.75, 3.05) is 24.5 Å². The van der Waals surface area contributed by atoms with E-state index < -0.39 is 16.6 Å². The summed E-state index contributed by atoms with van der Waals surface area (Å²) in [5.41, 5.74) is 3.29. The molecule has 11 nitrogen and oxygen atoms in total. The number of carbonyl (C=O) groups is 1. The second-order valence-corrected chi connectivity index (χ2v) is 5.23. The Morgan fingerprint density at radius 2 is 2.18 bits per heavy atom. The third kappa shape index (κ3) is 3.43. The van der Waals surface area contributed by atoms with Crippen LogP contribution in [0.25, 0.3) is 0 Å². The van der Waals surface area contributed by atoms with Gasteiger partial charge in [0.25, 0.3) is 0 Å². The van der Waals surface area contributed by atoms with E-state index in [-0.39, 0.29) is 12.2 Å². The van der Waals surface area contributed by atoms with E-state index in [9.17, 15) is 20.0 Å². The first-order valence-corrected chi connectivity index (χ1v) is 6.68. The largest absolute Gasteiger partial charge is 0.464 e. The van der Waals surface area contributed by atoms with Gasteiger partial charge >= 0.3 is 11.8 Å². The molecular weight excluding hydrogens is 296 g/mol. The lowest BCUT2D eigenvalue weighted by Gasteiger charge is -2.38. The quantitative estimate of drug-likeness (QED) is 0.417. The van der Waals surface area contributed by atoms with Crippen LogP contribution in [0.5, 0.6) is 0 Å². The number of nitrogens with one attached hydrogen (secondary N) is 2. The summed E-state index contributed by atoms with van der Waals surface area (Å²) >= 11 is 0. The minimum absolute atomic E-state index is 0.0701. The first-order valence-electron chi connectivity index (χ1n) is 6.68. The third-order valence-corrected chi connectivity index (χ3v) is 3.69. The van der Waals surface area contributed by atoms with Gasteiger partial charge in [-0.3, -0.25) is 15.5 Å². The Morgan fingerprint density at radius 3 is 2.73 bits per heavy atom. The SMILES string of the molecule is Cn1ncc([N+](=O)[O-])c1N1CCC(O)(CNNC(=O)O)CC1. The summed E-state index contributed by atoms with van der Waals surface area (Å²) in [4.78, 5) is 22.7. The number of carboxylic acid groups (broad SMARTS) is 1. The fourth-order valence-electron chi connectivity index (χ4n) is 2.51. The van der Waals surface area contributed by atoms with Crippen LogP contribution in [0.3, 0.4) is 0 Å². The maximum absolute atomic E-state index is 11.0. The first kappa shape index (κ1) is 16.0. The zero-order valence-electron chi connectivity index (χ0n) is 12.0. The Morgan fingerprint density at radius 1 is 1.55 bits per heavy atom. The van der Waals surface area contributed by atoms with Gasteiger partial charge in [-0.1, -0.05) is 0 Å². The standard InChI is InChI=1S/C11H18N6O5/c1-15-9(8(6-13-15)17(21)22)16-4-2-11(20,3-5-16)7-12-14-10(18)19/h6,12,14,20H,2-5,7H2,1H3,(H,18,19). The number of nitro groups is 1. The molecule has 2 heterocycles. The summed E-state index contributed by atoms with van der Waals surface area (Å²) < 4.78 is 1.44. The zero-order chi connectivity index (χ0) is 16.3. The predicted octanol–water partition coefficient (Wildman–Crippen LogP) is -0.568. The Bertz CT molecular complexity index is 565. The molecule has 0 saturated carbocycles. The van der Waals surface area contributed by atoms with Crippen LogP contribution in [0.2, 0.25) is 0 Å². The van der Waals surface area contributed by atoms with Crippen LogP contribution in [-0.2, 0) is 7.05 Å². The second-order valence-electron chi connectivity index (χ2n) is 5.23. The van der Waals surface area contributed by atoms with Gasteiger partial charge in [0, 0.05) is 26.7 Å². The minimum atomic E-state index is -1.23. The van der Waals surface area contributed by atoms with Crippen molar-refractivity contribution in [2.24, 2.45) is 7.05 Å². The molecule has 1 amide bonds. The molecular formula is C11H18N6O5. The monoisotopic (exact) mass is 314 g/mol. The van der Waals surface area contributed by atoms with Crippen LogP contribution in [-0.4, -0.2) is 56.2 Å². The summed E-state index contributed by atoms with van der Waals surface area (Å²) in [6, 6.07) is 0. The Balaban J connectivity index is 1.99. The van der Waals surface area contributed by atoms with E-state index in [1.54, 1.807) is 11.9 Å². The Labute approximate surface area is 125 Å². The maximum Gasteiger partial charge on any atom is 0.419 e. The molecule has 0 aliphatic carbocycles. The van der Waals surface area contributed by atoms with Crippen molar-refractivity contribution in [1.82, 2.24) is 20.6 Å². The number of anilines is 1. The van der Waals surface area contributed by atoms with Crippen molar-refractivity contribution in [3.63, 3.8) is 0 Å². The van der Waals surface area contributed by atoms with Gasteiger partial charge < -0.3 is 15.1 Å². The van der Waals surface area contributed by atoms with Gasteiger partial charge in [-0.2, -0.15) is 5.10 Å². The molecule has 0 radical (unpaired) electrons. The highest BCUT2D eigenvalue weighted by atomic mass is 16.6. The van der Waals surface area contributed by atoms with E-state index >= 15 is 0 Å². The summed E-state index contributed by atoms with van der Waals surface area (Å²) in [6.45, 7) is 0.887. The molecule has 0 bridgehead atoms. The lowest BCUT2D eigenvalue weighted by molar-refractivity contribution is -0.384. The number of aliphatic hydroxyl groups is 1. The second kappa shape index (κ2) is 6.15. The van der Waals surface area contributed by atoms with Crippen LogP contribution < -0.4 is 15.8 Å². The van der Waals surface area contributed by atoms with Crippen molar-refractivity contribution in [1.29, 1.82) is 0 Å². The maximum atomic E-state index is 11.0. The molecule has 0 aromatic carbocycles. The van der Waals surface area contributed by atoms with E-state index in [1.165, 1.54) is 10.9 Å². The molecule has 1 fully saturated rings. The zero-order valence-corrected chi connectivity index (χ0v) is 12.0. The third-order valence-electron chi connectivity index (χ3n) is 3.69. The summed E-state index contributed by atoms with van der Waals surface area (Å²) in [6.07, 6.45) is 0.674. The van der Waals surface area contributed by atoms with E-state index in [4.69, 9.17) is 5.11 Å². The molecule has 2 rings (SSSR count). The van der Waals surface area contributed by atoms with Crippen LogP contribution in [0, 0.1) is 10.1 Å². The van der Waals surface area contributed by atoms with Gasteiger partial charge in [0.1, 0.15) is 6.20 Å². The van der Waals surface area contributed by atoms with Crippen molar-refractivity contribution in [3.05, 3.63) is 16.3 Å². The van der Waals surface area contributed by atoms with E-state index in [1.807, 2.05) is 5.43 Å². The minimum Gasteiger partial charge on any atom is -0.464 e. The van der Waals surface area contributed by atoms with Crippen LogP contribution in [0.1, 0.15) is 12.8 Å². The average Bonchev–Trinajstić information content (AvgIpc) is 2.81. The smallest absolute Gasteiger partial charge is 0.419 e. The topological polar surface area (TPSA) is 146 Å². The number of aryl methyl sites for hydroxylation is 1. The summed E-state index contributed by atoms with van der Waals surface area (Å²) in [7, 11) is 1.63. The molecule has 1 aliphatic heterocycles. The average molecular weight is 314 g/mol. The number of hydrazine groups is 1. The van der Waals surface area contributed by atoms with Crippen molar-refractivity contribution in [2.45, 2.75) is 18.4 Å². The number of hydrogen-bond donors (Lipinski definition) is 4. The molecule has 0 unspecified atom stereocenters. The lowest BCUT2D eigenvalue weighted by Crippen LogP contribution is -2.53. The van der Waals surface area contributed by atoms with Crippen molar-refractivity contribution in [3.8, 4) is 0 Å². The van der Waals surface area contributed by atoms with E-state index in [2.05, 4.69) is 10.5 Å². The summed E-state index contributed by atoms with van der Waals surface area (Å²) in [5, 5.41) is 33.8. The van der Waals surface area contributed by atoms with Gasteiger partial charge in [0.15, 0.2) is 0 Å². The number of aromatic nitrogens is 2. The molecule has 11 heteroatoms. The van der Waals surface area contributed by atoms with Gasteiger partial charge in [0.2, 0.25) is 5.82 Å². The molecule has 22 heavy (non-hydrogen) atoms. The van der Waals surface area contributed by atoms with Gasteiger partial charge in [0.05, 0.1) is 10.5 Å². The number of hydrogen-bond acceptors (Lipinski definition) is 7. The fourth-order valence-corrected chi connectivity index (χ4v) is 2.51. The van der Waals surface area contributed by atoms with Crippen LogP contribution >= 0.6 is 0 Å². The molecule has 0 atom stereocenters. The normalized spacial score (nSPS) is 17.3. The fraction of sp³-hybridized carbons (Fsp3) is 0.636. The van der Waals surface area contributed by atoms with Gasteiger partial charge in [-0.25, -0.2) is 14.9 Å². The highest BCUT2D eigenvalue weighted by Crippen LogP contribution is 2.31. The molecule has 1 aliphatic rings. The molecule has 1 aromatic heterocycles. The highest BCUT2D eigenvalue weighted by molar-refractivity contribution is 5.63. The van der Waals surface area contributed by atoms with Crippen molar-refractivity contribution >= 4 is 17.6 Å². The van der Waals surface area contributed by atoms with Crippen LogP contribution in [0.15, 0.2) is 6.20 Å². The molecule has 1 saturated heterocycles. The van der Waals surface area contributed by atoms with Crippen LogP contribution in [0.4, 0.5) is 16.3 Å². The highest BCUT2D eigenvalue weighted by Gasteiger charge is 2.35. The number of nitrogens with zero attached hydrogens (tertiary/aromatic N) is 4. The lowest BCUT2D eigenvalue weighted by atomic mass is 9.91. The summed E-state index contributed by atoms with van der Waals surface area (Å²) in [5.74, 6) is 0.406. The van der Waals surface area contributed by atoms with E-state index in [0.717, 1.165) is 0 Å². The van der Waals surface area contributed by atoms with E-state index in [0.29, 0.717) is 31.7 Å². The Kier molecular flexibility index (Phi) is 4.47.